The first-order valence-electron chi connectivity index (χ1n) is 11.2. The Morgan fingerprint density at radius 3 is 1.97 bits per heavy atom. The summed E-state index contributed by atoms with van der Waals surface area (Å²) in [5, 5.41) is 2.78. The van der Waals surface area contributed by atoms with Gasteiger partial charge in [0.1, 0.15) is 18.4 Å². The summed E-state index contributed by atoms with van der Waals surface area (Å²) in [7, 11) is -3.79. The summed E-state index contributed by atoms with van der Waals surface area (Å²) >= 11 is 0. The van der Waals surface area contributed by atoms with E-state index in [0.717, 1.165) is 16.1 Å². The van der Waals surface area contributed by atoms with Crippen molar-refractivity contribution >= 4 is 27.5 Å². The molecule has 0 bridgehead atoms. The Labute approximate surface area is 202 Å². The lowest BCUT2D eigenvalue weighted by Crippen LogP contribution is -2.52. The van der Waals surface area contributed by atoms with Gasteiger partial charge < -0.3 is 10.2 Å². The summed E-state index contributed by atoms with van der Waals surface area (Å²) in [4.78, 5) is 27.4. The van der Waals surface area contributed by atoms with Crippen LogP contribution in [0.4, 0.5) is 10.1 Å². The first-order chi connectivity index (χ1) is 15.8. The summed E-state index contributed by atoms with van der Waals surface area (Å²) in [5.41, 5.74) is 2.02. The van der Waals surface area contributed by atoms with Crippen LogP contribution in [0, 0.1) is 5.82 Å². The summed E-state index contributed by atoms with van der Waals surface area (Å²) in [5.74, 6) is -1.05. The highest BCUT2D eigenvalue weighted by atomic mass is 32.2. The van der Waals surface area contributed by atoms with Gasteiger partial charge in [-0.15, -0.1) is 0 Å². The highest BCUT2D eigenvalue weighted by Crippen LogP contribution is 2.23. The highest BCUT2D eigenvalue weighted by Gasteiger charge is 2.30. The van der Waals surface area contributed by atoms with E-state index >= 15 is 0 Å². The maximum absolute atomic E-state index is 13.4. The van der Waals surface area contributed by atoms with Crippen LogP contribution < -0.4 is 9.62 Å². The lowest BCUT2D eigenvalue weighted by molar-refractivity contribution is -0.139. The predicted octanol–water partition coefficient (Wildman–Crippen LogP) is 3.66. The highest BCUT2D eigenvalue weighted by molar-refractivity contribution is 7.92. The molecule has 34 heavy (non-hydrogen) atoms. The molecule has 0 unspecified atom stereocenters. The van der Waals surface area contributed by atoms with E-state index in [4.69, 9.17) is 0 Å². The summed E-state index contributed by atoms with van der Waals surface area (Å²) in [6.45, 7) is 8.82. The first-order valence-corrected chi connectivity index (χ1v) is 13.1. The molecule has 0 saturated carbocycles. The fraction of sp³-hybridized carbons (Fsp3) is 0.440. The quantitative estimate of drug-likeness (QED) is 0.550. The molecule has 0 aliphatic carbocycles. The first kappa shape index (κ1) is 27.3. The van der Waals surface area contributed by atoms with Gasteiger partial charge in [-0.1, -0.05) is 38.1 Å². The van der Waals surface area contributed by atoms with Gasteiger partial charge in [0.05, 0.1) is 11.9 Å². The van der Waals surface area contributed by atoms with Gasteiger partial charge in [0.25, 0.3) is 0 Å². The zero-order valence-electron chi connectivity index (χ0n) is 20.6. The van der Waals surface area contributed by atoms with Gasteiger partial charge in [-0.05, 0) is 62.1 Å². The third-order valence-corrected chi connectivity index (χ3v) is 6.53. The SMILES string of the molecule is CC(C)NC(=O)[C@@H](C)N(Cc1ccc(F)cc1)C(=O)CN(c1ccc(C(C)C)cc1)S(C)(=O)=O. The van der Waals surface area contributed by atoms with Gasteiger partial charge in [0.15, 0.2) is 0 Å². The molecule has 186 valence electrons. The molecule has 0 aliphatic heterocycles. The van der Waals surface area contributed by atoms with Crippen molar-refractivity contribution in [1.82, 2.24) is 10.2 Å². The molecule has 2 amide bonds. The Morgan fingerprint density at radius 1 is 0.941 bits per heavy atom. The maximum atomic E-state index is 13.4. The van der Waals surface area contributed by atoms with Crippen LogP contribution in [0.25, 0.3) is 0 Å². The molecule has 2 rings (SSSR count). The molecule has 0 saturated heterocycles. The van der Waals surface area contributed by atoms with Crippen LogP contribution in [0.2, 0.25) is 0 Å². The summed E-state index contributed by atoms with van der Waals surface area (Å²) in [6, 6.07) is 11.6. The number of halogens is 1. The second-order valence-electron chi connectivity index (χ2n) is 9.00. The minimum atomic E-state index is -3.79. The van der Waals surface area contributed by atoms with Crippen molar-refractivity contribution in [2.75, 3.05) is 17.1 Å². The van der Waals surface area contributed by atoms with Crippen molar-refractivity contribution in [3.8, 4) is 0 Å². The van der Waals surface area contributed by atoms with Gasteiger partial charge in [-0.2, -0.15) is 0 Å². The Bertz CT molecular complexity index is 1080. The number of carbonyl (C=O) groups is 2. The Morgan fingerprint density at radius 2 is 1.50 bits per heavy atom. The molecule has 7 nitrogen and oxygen atoms in total. The van der Waals surface area contributed by atoms with E-state index in [2.05, 4.69) is 5.32 Å². The Hall–Kier alpha value is -2.94. The molecule has 0 radical (unpaired) electrons. The topological polar surface area (TPSA) is 86.8 Å². The van der Waals surface area contributed by atoms with Crippen LogP contribution in [0.3, 0.4) is 0 Å². The Kier molecular flexibility index (Phi) is 9.21. The monoisotopic (exact) mass is 491 g/mol. The molecule has 0 heterocycles. The number of rotatable bonds is 10. The number of nitrogens with one attached hydrogen (secondary N) is 1. The van der Waals surface area contributed by atoms with Crippen molar-refractivity contribution < 1.29 is 22.4 Å². The number of amides is 2. The minimum absolute atomic E-state index is 0.0235. The number of anilines is 1. The van der Waals surface area contributed by atoms with Crippen molar-refractivity contribution in [2.45, 2.75) is 59.2 Å². The summed E-state index contributed by atoms with van der Waals surface area (Å²) < 4.78 is 39.6. The van der Waals surface area contributed by atoms with E-state index in [-0.39, 0.29) is 24.4 Å². The molecule has 2 aromatic carbocycles. The van der Waals surface area contributed by atoms with Crippen LogP contribution in [0.15, 0.2) is 48.5 Å². The van der Waals surface area contributed by atoms with Crippen LogP contribution in [-0.4, -0.2) is 50.0 Å². The second-order valence-corrected chi connectivity index (χ2v) is 10.9. The third-order valence-electron chi connectivity index (χ3n) is 5.39. The van der Waals surface area contributed by atoms with E-state index in [9.17, 15) is 22.4 Å². The van der Waals surface area contributed by atoms with E-state index in [1.165, 1.54) is 29.2 Å². The fourth-order valence-corrected chi connectivity index (χ4v) is 4.26. The van der Waals surface area contributed by atoms with Gasteiger partial charge in [0, 0.05) is 12.6 Å². The maximum Gasteiger partial charge on any atom is 0.244 e. The zero-order chi connectivity index (χ0) is 25.6. The average molecular weight is 492 g/mol. The fourth-order valence-electron chi connectivity index (χ4n) is 3.41. The van der Waals surface area contributed by atoms with E-state index in [0.29, 0.717) is 11.3 Å². The van der Waals surface area contributed by atoms with Crippen LogP contribution in [-0.2, 0) is 26.2 Å². The molecular formula is C25H34FN3O4S. The molecule has 0 aliphatic rings. The van der Waals surface area contributed by atoms with Gasteiger partial charge in [0.2, 0.25) is 21.8 Å². The molecule has 0 fully saturated rings. The normalized spacial score (nSPS) is 12.5. The number of nitrogens with zero attached hydrogens (tertiary/aromatic N) is 2. The van der Waals surface area contributed by atoms with Crippen molar-refractivity contribution in [3.63, 3.8) is 0 Å². The third kappa shape index (κ3) is 7.55. The van der Waals surface area contributed by atoms with E-state index < -0.39 is 34.3 Å². The smallest absolute Gasteiger partial charge is 0.244 e. The van der Waals surface area contributed by atoms with Gasteiger partial charge in [-0.25, -0.2) is 12.8 Å². The average Bonchev–Trinajstić information content (AvgIpc) is 2.75. The van der Waals surface area contributed by atoms with Crippen molar-refractivity contribution in [3.05, 3.63) is 65.5 Å². The lowest BCUT2D eigenvalue weighted by atomic mass is 10.0. The lowest BCUT2D eigenvalue weighted by Gasteiger charge is -2.32. The molecule has 1 atom stereocenters. The van der Waals surface area contributed by atoms with Crippen LogP contribution >= 0.6 is 0 Å². The van der Waals surface area contributed by atoms with E-state index in [1.54, 1.807) is 19.1 Å². The zero-order valence-corrected chi connectivity index (χ0v) is 21.4. The molecule has 0 aromatic heterocycles. The van der Waals surface area contributed by atoms with Crippen LogP contribution in [0.5, 0.6) is 0 Å². The summed E-state index contributed by atoms with van der Waals surface area (Å²) in [6.07, 6.45) is 1.04. The number of sulfonamides is 1. The van der Waals surface area contributed by atoms with Gasteiger partial charge in [-0.3, -0.25) is 13.9 Å². The second kappa shape index (κ2) is 11.5. The van der Waals surface area contributed by atoms with E-state index in [1.807, 2.05) is 39.8 Å². The number of hydrogen-bond donors (Lipinski definition) is 1. The number of carbonyl (C=O) groups excluding carboxylic acids is 2. The van der Waals surface area contributed by atoms with Gasteiger partial charge >= 0.3 is 0 Å². The predicted molar refractivity (Wildman–Crippen MR) is 132 cm³/mol. The number of benzene rings is 2. The molecule has 9 heteroatoms. The molecule has 0 spiro atoms. The van der Waals surface area contributed by atoms with Crippen molar-refractivity contribution in [2.24, 2.45) is 0 Å². The molecule has 1 N–H and O–H groups in total. The number of hydrogen-bond acceptors (Lipinski definition) is 4. The van der Waals surface area contributed by atoms with Crippen LogP contribution in [0.1, 0.15) is 51.7 Å². The minimum Gasteiger partial charge on any atom is -0.352 e. The molecule has 2 aromatic rings. The Balaban J connectivity index is 2.37. The van der Waals surface area contributed by atoms with Crippen molar-refractivity contribution in [1.29, 1.82) is 0 Å². The standard InChI is InChI=1S/C25H34FN3O4S/c1-17(2)21-9-13-23(14-10-21)29(34(6,32)33)16-24(30)28(19(5)25(31)27-18(3)4)15-20-7-11-22(26)12-8-20/h7-14,17-19H,15-16H2,1-6H3,(H,27,31)/t19-/m1/s1. The molecular weight excluding hydrogens is 457 g/mol. The largest absolute Gasteiger partial charge is 0.352 e.